The Morgan fingerprint density at radius 2 is 1.56 bits per heavy atom. The minimum atomic E-state index is -2.91. The van der Waals surface area contributed by atoms with Crippen molar-refractivity contribution in [1.82, 2.24) is 4.90 Å². The molecule has 2 aromatic rings. The number of nitrogens with zero attached hydrogens (tertiary/aromatic N) is 1. The third kappa shape index (κ3) is 7.41. The van der Waals surface area contributed by atoms with Gasteiger partial charge in [0.15, 0.2) is 12.0 Å². The van der Waals surface area contributed by atoms with Crippen LogP contribution in [0.4, 0.5) is 0 Å². The molecule has 9 heteroatoms. The van der Waals surface area contributed by atoms with Gasteiger partial charge in [0.2, 0.25) is 5.91 Å². The minimum absolute atomic E-state index is 0.0740. The van der Waals surface area contributed by atoms with Gasteiger partial charge in [0.05, 0.1) is 19.3 Å². The minimum Gasteiger partial charge on any atom is -0.405 e. The van der Waals surface area contributed by atoms with Gasteiger partial charge in [0.25, 0.3) is 8.32 Å². The standard InChI is InChI=1S/C32H45NO7Si/c1-22(24(3)34)19-33(25(4)35)31-30(39-23(2)20-37-8)29(36)28(40-31)21-38-41(32(5,6)7,26-15-11-9-12-16-26)27-17-13-10-14-18-27/h9-19,23,28-31,36H,20-21H2,1-8H3/b22-19-/t23-,28+,29?,30-,31+/m0/s1. The molecule has 5 atom stereocenters. The molecule has 1 aliphatic heterocycles. The van der Waals surface area contributed by atoms with Crippen molar-refractivity contribution < 1.29 is 33.3 Å². The van der Waals surface area contributed by atoms with E-state index in [1.54, 1.807) is 14.0 Å². The maximum atomic E-state index is 12.8. The van der Waals surface area contributed by atoms with E-state index in [0.29, 0.717) is 12.2 Å². The molecule has 41 heavy (non-hydrogen) atoms. The van der Waals surface area contributed by atoms with E-state index >= 15 is 0 Å². The van der Waals surface area contributed by atoms with Gasteiger partial charge in [0.1, 0.15) is 18.3 Å². The van der Waals surface area contributed by atoms with E-state index in [9.17, 15) is 14.7 Å². The van der Waals surface area contributed by atoms with Crippen LogP contribution in [0.5, 0.6) is 0 Å². The number of methoxy groups -OCH3 is 1. The fraction of sp³-hybridized carbons (Fsp3) is 0.500. The molecule has 0 bridgehead atoms. The number of ether oxygens (including phenoxy) is 3. The number of benzene rings is 2. The number of hydrogen-bond acceptors (Lipinski definition) is 7. The third-order valence-corrected chi connectivity index (χ3v) is 12.5. The summed E-state index contributed by atoms with van der Waals surface area (Å²) in [5, 5.41) is 13.5. The topological polar surface area (TPSA) is 94.5 Å². The van der Waals surface area contributed by atoms with Gasteiger partial charge in [0, 0.05) is 25.8 Å². The van der Waals surface area contributed by atoms with Crippen molar-refractivity contribution in [3.05, 3.63) is 72.4 Å². The summed E-state index contributed by atoms with van der Waals surface area (Å²) in [5.74, 6) is -0.518. The summed E-state index contributed by atoms with van der Waals surface area (Å²) in [6.07, 6.45) is -2.68. The van der Waals surface area contributed by atoms with E-state index in [4.69, 9.17) is 18.6 Å². The molecule has 2 aromatic carbocycles. The Morgan fingerprint density at radius 3 is 2.00 bits per heavy atom. The number of aliphatic hydroxyl groups excluding tert-OH is 1. The van der Waals surface area contributed by atoms with Crippen LogP contribution in [0.1, 0.15) is 48.5 Å². The molecule has 0 aromatic heterocycles. The average Bonchev–Trinajstić information content (AvgIpc) is 3.22. The molecule has 0 spiro atoms. The molecule has 1 fully saturated rings. The molecule has 3 rings (SSSR count). The highest BCUT2D eigenvalue weighted by atomic mass is 28.4. The van der Waals surface area contributed by atoms with Crippen LogP contribution >= 0.6 is 0 Å². The number of ketones is 1. The normalized spacial score (nSPS) is 22.4. The molecule has 1 N–H and O–H groups in total. The second kappa shape index (κ2) is 14.0. The van der Waals surface area contributed by atoms with Crippen molar-refractivity contribution in [3.8, 4) is 0 Å². The summed E-state index contributed by atoms with van der Waals surface area (Å²) in [6, 6.07) is 20.4. The molecular weight excluding hydrogens is 538 g/mol. The fourth-order valence-corrected chi connectivity index (χ4v) is 9.95. The molecule has 1 aliphatic rings. The number of Topliss-reactive ketones (excluding diaryl/α,β-unsaturated/α-hetero) is 1. The van der Waals surface area contributed by atoms with Gasteiger partial charge in [-0.25, -0.2) is 0 Å². The Hall–Kier alpha value is -2.66. The van der Waals surface area contributed by atoms with Crippen LogP contribution in [-0.2, 0) is 28.2 Å². The Labute approximate surface area is 245 Å². The second-order valence-corrected chi connectivity index (χ2v) is 16.0. The van der Waals surface area contributed by atoms with Crippen molar-refractivity contribution in [1.29, 1.82) is 0 Å². The smallest absolute Gasteiger partial charge is 0.261 e. The largest absolute Gasteiger partial charge is 0.405 e. The Balaban J connectivity index is 2.03. The van der Waals surface area contributed by atoms with Crippen molar-refractivity contribution in [2.45, 2.75) is 84.1 Å². The van der Waals surface area contributed by atoms with Gasteiger partial charge in [-0.2, -0.15) is 0 Å². The Morgan fingerprint density at radius 1 is 1.02 bits per heavy atom. The van der Waals surface area contributed by atoms with Crippen LogP contribution in [0.15, 0.2) is 72.4 Å². The monoisotopic (exact) mass is 583 g/mol. The van der Waals surface area contributed by atoms with Crippen molar-refractivity contribution >= 4 is 30.4 Å². The van der Waals surface area contributed by atoms with E-state index in [1.165, 1.54) is 24.9 Å². The van der Waals surface area contributed by atoms with Crippen molar-refractivity contribution in [2.75, 3.05) is 20.3 Å². The Bertz CT molecular complexity index is 1140. The van der Waals surface area contributed by atoms with E-state index < -0.39 is 32.9 Å². The predicted molar refractivity (Wildman–Crippen MR) is 161 cm³/mol. The highest BCUT2D eigenvalue weighted by Gasteiger charge is 2.53. The van der Waals surface area contributed by atoms with Crippen molar-refractivity contribution in [3.63, 3.8) is 0 Å². The quantitative estimate of drug-likeness (QED) is 0.302. The fourth-order valence-electron chi connectivity index (χ4n) is 5.38. The molecule has 224 valence electrons. The number of carbonyl (C=O) groups excluding carboxylic acids is 2. The SMILES string of the molecule is COC[C@H](C)O[C@H]1C(O)[C@@H](CO[Si](c2ccccc2)(c2ccccc2)C(C)(C)C)O[C@H]1N(/C=C(/C)C(C)=O)C(C)=O. The van der Waals surface area contributed by atoms with E-state index in [1.807, 2.05) is 43.3 Å². The molecule has 8 nitrogen and oxygen atoms in total. The summed E-state index contributed by atoms with van der Waals surface area (Å²) < 4.78 is 24.8. The maximum Gasteiger partial charge on any atom is 0.261 e. The lowest BCUT2D eigenvalue weighted by Gasteiger charge is -2.43. The molecule has 0 aliphatic carbocycles. The summed E-state index contributed by atoms with van der Waals surface area (Å²) in [4.78, 5) is 26.1. The first-order chi connectivity index (χ1) is 19.3. The van der Waals surface area contributed by atoms with Crippen LogP contribution in [0.25, 0.3) is 0 Å². The van der Waals surface area contributed by atoms with Gasteiger partial charge in [-0.1, -0.05) is 81.4 Å². The maximum absolute atomic E-state index is 12.8. The number of carbonyl (C=O) groups is 2. The van der Waals surface area contributed by atoms with Gasteiger partial charge >= 0.3 is 0 Å². The van der Waals surface area contributed by atoms with Gasteiger partial charge < -0.3 is 23.7 Å². The lowest BCUT2D eigenvalue weighted by Crippen LogP contribution is -2.67. The predicted octanol–water partition coefficient (Wildman–Crippen LogP) is 3.41. The number of aliphatic hydroxyl groups is 1. The Kier molecular flexibility index (Phi) is 11.2. The zero-order valence-corrected chi connectivity index (χ0v) is 26.5. The van der Waals surface area contributed by atoms with Crippen molar-refractivity contribution in [2.24, 2.45) is 0 Å². The molecular formula is C32H45NO7Si. The summed E-state index contributed by atoms with van der Waals surface area (Å²) >= 11 is 0. The number of hydrogen-bond donors (Lipinski definition) is 1. The van der Waals surface area contributed by atoms with Crippen LogP contribution in [0.2, 0.25) is 5.04 Å². The molecule has 0 radical (unpaired) electrons. The lowest BCUT2D eigenvalue weighted by atomic mass is 10.1. The first-order valence-corrected chi connectivity index (χ1v) is 16.0. The first-order valence-electron chi connectivity index (χ1n) is 14.0. The zero-order chi connectivity index (χ0) is 30.4. The number of allylic oxidation sites excluding steroid dienone is 1. The molecule has 1 heterocycles. The van der Waals surface area contributed by atoms with Crippen LogP contribution < -0.4 is 10.4 Å². The second-order valence-electron chi connectivity index (χ2n) is 11.7. The van der Waals surface area contributed by atoms with Gasteiger partial charge in [-0.05, 0) is 36.2 Å². The summed E-state index contributed by atoms with van der Waals surface area (Å²) in [7, 11) is -1.34. The molecule has 1 saturated heterocycles. The summed E-state index contributed by atoms with van der Waals surface area (Å²) in [6.45, 7) is 13.2. The lowest BCUT2D eigenvalue weighted by molar-refractivity contribution is -0.152. The van der Waals surface area contributed by atoms with Crippen LogP contribution in [0, 0.1) is 0 Å². The van der Waals surface area contributed by atoms with Gasteiger partial charge in [-0.3, -0.25) is 14.5 Å². The number of rotatable bonds is 12. The highest BCUT2D eigenvalue weighted by molar-refractivity contribution is 6.99. The zero-order valence-electron chi connectivity index (χ0n) is 25.5. The first kappa shape index (κ1) is 32.8. The van der Waals surface area contributed by atoms with E-state index in [-0.39, 0.29) is 29.4 Å². The van der Waals surface area contributed by atoms with E-state index in [2.05, 4.69) is 45.0 Å². The highest BCUT2D eigenvalue weighted by Crippen LogP contribution is 2.38. The molecule has 1 amide bonds. The molecule has 0 saturated carbocycles. The van der Waals surface area contributed by atoms with E-state index in [0.717, 1.165) is 10.4 Å². The summed E-state index contributed by atoms with van der Waals surface area (Å²) in [5.41, 5.74) is 0.383. The van der Waals surface area contributed by atoms with Gasteiger partial charge in [-0.15, -0.1) is 0 Å². The number of amides is 1. The van der Waals surface area contributed by atoms with Crippen LogP contribution in [0.3, 0.4) is 0 Å². The third-order valence-electron chi connectivity index (χ3n) is 7.51. The van der Waals surface area contributed by atoms with Crippen LogP contribution in [-0.4, -0.2) is 81.0 Å². The molecule has 1 unspecified atom stereocenters. The average molecular weight is 584 g/mol.